The predicted molar refractivity (Wildman–Crippen MR) is 61.5 cm³/mol. The number of hydrogen-bond acceptors (Lipinski definition) is 3. The molecule has 0 atom stereocenters. The van der Waals surface area contributed by atoms with Gasteiger partial charge in [-0.1, -0.05) is 38.5 Å². The van der Waals surface area contributed by atoms with E-state index in [1.807, 2.05) is 0 Å². The van der Waals surface area contributed by atoms with E-state index in [9.17, 15) is 8.42 Å². The van der Waals surface area contributed by atoms with Crippen molar-refractivity contribution < 1.29 is 49.1 Å². The maximum atomic E-state index is 10.4. The molecule has 0 fully saturated rings. The van der Waals surface area contributed by atoms with Crippen LogP contribution < -0.4 is 29.6 Å². The van der Waals surface area contributed by atoms with Gasteiger partial charge in [0.25, 0.3) is 10.1 Å². The van der Waals surface area contributed by atoms with E-state index >= 15 is 0 Å². The van der Waals surface area contributed by atoms with Gasteiger partial charge in [0.2, 0.25) is 0 Å². The molecule has 16 heavy (non-hydrogen) atoms. The Morgan fingerprint density at radius 3 is 1.56 bits per heavy atom. The molecule has 0 aliphatic rings. The summed E-state index contributed by atoms with van der Waals surface area (Å²) < 4.78 is 29.2. The molecule has 0 unspecified atom stereocenters. The second kappa shape index (κ2) is 12.3. The molecule has 6 heteroatoms. The van der Waals surface area contributed by atoms with Crippen LogP contribution in [0.3, 0.4) is 0 Å². The van der Waals surface area contributed by atoms with Gasteiger partial charge < -0.3 is 6.53 Å². The first-order valence-electron chi connectivity index (χ1n) is 5.62. The van der Waals surface area contributed by atoms with Crippen molar-refractivity contribution in [2.75, 3.05) is 12.4 Å². The van der Waals surface area contributed by atoms with Crippen LogP contribution in [0.2, 0.25) is 0 Å². The summed E-state index contributed by atoms with van der Waals surface area (Å²) in [5.74, 6) is -0.114. The first-order chi connectivity index (χ1) is 7.06. The van der Waals surface area contributed by atoms with E-state index in [4.69, 9.17) is 9.66 Å². The fourth-order valence-electron chi connectivity index (χ4n) is 1.46. The minimum Gasteiger partial charge on any atom is -1.00 e. The normalized spacial score (nSPS) is 11.1. The summed E-state index contributed by atoms with van der Waals surface area (Å²) in [6.45, 7) is 0.272. The molecule has 0 aromatic heterocycles. The standard InChI is InChI=1S/C10H22O4S.Na.H/c11-9-7-5-3-1-2-4-6-8-10-15(12,13)14;;/h11H,1-10H2,(H,12,13,14);;/q;+1;-1. The number of aliphatic hydroxyl groups is 1. The van der Waals surface area contributed by atoms with Gasteiger partial charge in [-0.15, -0.1) is 0 Å². The minimum atomic E-state index is -3.76. The Hall–Kier alpha value is 0.870. The van der Waals surface area contributed by atoms with Gasteiger partial charge >= 0.3 is 29.6 Å². The molecule has 0 rings (SSSR count). The number of unbranched alkanes of at least 4 members (excludes halogenated alkanes) is 7. The van der Waals surface area contributed by atoms with Crippen LogP contribution in [0.5, 0.6) is 0 Å². The van der Waals surface area contributed by atoms with Crippen LogP contribution in [0.4, 0.5) is 0 Å². The van der Waals surface area contributed by atoms with E-state index in [0.29, 0.717) is 6.42 Å². The first kappa shape index (κ1) is 19.2. The summed E-state index contributed by atoms with van der Waals surface area (Å²) in [7, 11) is -3.76. The average molecular weight is 262 g/mol. The van der Waals surface area contributed by atoms with Gasteiger partial charge in [0.05, 0.1) is 5.75 Å². The van der Waals surface area contributed by atoms with Crippen LogP contribution in [0.25, 0.3) is 0 Å². The molecule has 0 heterocycles. The third-order valence-corrected chi connectivity index (χ3v) is 3.11. The quantitative estimate of drug-likeness (QED) is 0.304. The molecule has 0 spiro atoms. The van der Waals surface area contributed by atoms with E-state index in [0.717, 1.165) is 44.9 Å². The Morgan fingerprint density at radius 2 is 1.19 bits per heavy atom. The van der Waals surface area contributed by atoms with Crippen LogP contribution in [0, 0.1) is 0 Å². The molecule has 94 valence electrons. The zero-order valence-corrected chi connectivity index (χ0v) is 13.0. The average Bonchev–Trinajstić information content (AvgIpc) is 2.14. The van der Waals surface area contributed by atoms with Crippen molar-refractivity contribution in [1.82, 2.24) is 0 Å². The third-order valence-electron chi connectivity index (χ3n) is 2.31. The molecule has 0 saturated heterocycles. The molecule has 0 aromatic rings. The van der Waals surface area contributed by atoms with Gasteiger partial charge in [0, 0.05) is 6.61 Å². The summed E-state index contributed by atoms with van der Waals surface area (Å²) in [5.41, 5.74) is 0. The van der Waals surface area contributed by atoms with Gasteiger partial charge in [-0.2, -0.15) is 8.42 Å². The number of rotatable bonds is 10. The molecule has 0 aromatic carbocycles. The summed E-state index contributed by atoms with van der Waals surface area (Å²) in [6, 6.07) is 0. The summed E-state index contributed by atoms with van der Waals surface area (Å²) >= 11 is 0. The smallest absolute Gasteiger partial charge is 1.00 e. The Kier molecular flexibility index (Phi) is 14.8. The van der Waals surface area contributed by atoms with E-state index in [2.05, 4.69) is 0 Å². The Morgan fingerprint density at radius 1 is 0.812 bits per heavy atom. The van der Waals surface area contributed by atoms with Crippen molar-refractivity contribution in [3.8, 4) is 0 Å². The van der Waals surface area contributed by atoms with Gasteiger partial charge in [-0.3, -0.25) is 4.55 Å². The van der Waals surface area contributed by atoms with Crippen molar-refractivity contribution in [2.24, 2.45) is 0 Å². The molecule has 0 radical (unpaired) electrons. The molecule has 0 amide bonds. The molecule has 0 saturated carbocycles. The Bertz CT molecular complexity index is 234. The molecular weight excluding hydrogens is 239 g/mol. The van der Waals surface area contributed by atoms with Crippen molar-refractivity contribution in [1.29, 1.82) is 0 Å². The summed E-state index contributed by atoms with van der Waals surface area (Å²) in [5, 5.41) is 8.53. The molecule has 4 nitrogen and oxygen atoms in total. The van der Waals surface area contributed by atoms with Gasteiger partial charge in [-0.05, 0) is 12.8 Å². The zero-order chi connectivity index (χ0) is 11.6. The van der Waals surface area contributed by atoms with Crippen LogP contribution in [-0.2, 0) is 10.1 Å². The molecule has 2 N–H and O–H groups in total. The van der Waals surface area contributed by atoms with Crippen molar-refractivity contribution in [2.45, 2.75) is 51.4 Å². The van der Waals surface area contributed by atoms with Crippen LogP contribution >= 0.6 is 0 Å². The molecular formula is C10H23NaO4S. The minimum absolute atomic E-state index is 0. The second-order valence-electron chi connectivity index (χ2n) is 3.84. The van der Waals surface area contributed by atoms with Crippen molar-refractivity contribution in [3.63, 3.8) is 0 Å². The predicted octanol–water partition coefficient (Wildman–Crippen LogP) is -0.896. The SMILES string of the molecule is O=S(=O)(O)CCCCCCCCCCO.[H-].[Na+]. The first-order valence-corrected chi connectivity index (χ1v) is 7.23. The number of aliphatic hydroxyl groups excluding tert-OH is 1. The van der Waals surface area contributed by atoms with Crippen molar-refractivity contribution >= 4 is 10.1 Å². The fourth-order valence-corrected chi connectivity index (χ4v) is 2.03. The van der Waals surface area contributed by atoms with Crippen molar-refractivity contribution in [3.05, 3.63) is 0 Å². The Balaban J connectivity index is -0.000000980. The molecule has 0 aliphatic carbocycles. The molecule has 0 bridgehead atoms. The van der Waals surface area contributed by atoms with Gasteiger partial charge in [0.15, 0.2) is 0 Å². The third kappa shape index (κ3) is 17.3. The number of hydrogen-bond donors (Lipinski definition) is 2. The Labute approximate surface area is 122 Å². The monoisotopic (exact) mass is 262 g/mol. The van der Waals surface area contributed by atoms with E-state index in [1.165, 1.54) is 0 Å². The maximum Gasteiger partial charge on any atom is 1.00 e. The topological polar surface area (TPSA) is 74.6 Å². The molecule has 0 aliphatic heterocycles. The fraction of sp³-hybridized carbons (Fsp3) is 1.00. The van der Waals surface area contributed by atoms with Crippen LogP contribution in [0.15, 0.2) is 0 Å². The van der Waals surface area contributed by atoms with Crippen LogP contribution in [0.1, 0.15) is 52.8 Å². The van der Waals surface area contributed by atoms with E-state index in [-0.39, 0.29) is 43.3 Å². The largest absolute Gasteiger partial charge is 1.00 e. The van der Waals surface area contributed by atoms with Gasteiger partial charge in [-0.25, -0.2) is 0 Å². The summed E-state index contributed by atoms with van der Waals surface area (Å²) in [6.07, 6.45) is 7.77. The van der Waals surface area contributed by atoms with E-state index < -0.39 is 10.1 Å². The maximum absolute atomic E-state index is 10.4. The zero-order valence-electron chi connectivity index (χ0n) is 11.2. The van der Waals surface area contributed by atoms with E-state index in [1.54, 1.807) is 0 Å². The van der Waals surface area contributed by atoms with Gasteiger partial charge in [0.1, 0.15) is 0 Å². The van der Waals surface area contributed by atoms with Crippen LogP contribution in [-0.4, -0.2) is 30.4 Å². The second-order valence-corrected chi connectivity index (χ2v) is 5.41. The summed E-state index contributed by atoms with van der Waals surface area (Å²) in [4.78, 5) is 0.